The Labute approximate surface area is 205 Å². The molecule has 34 heavy (non-hydrogen) atoms. The number of halogens is 1. The highest BCUT2D eigenvalue weighted by Crippen LogP contribution is 2.34. The predicted molar refractivity (Wildman–Crippen MR) is 134 cm³/mol. The second-order valence-corrected chi connectivity index (χ2v) is 8.67. The van der Waals surface area contributed by atoms with Crippen LogP contribution in [0, 0.1) is 13.8 Å². The normalized spacial score (nSPS) is 13.8. The first kappa shape index (κ1) is 23.8. The summed E-state index contributed by atoms with van der Waals surface area (Å²) in [5.41, 5.74) is 4.00. The van der Waals surface area contributed by atoms with E-state index in [2.05, 4.69) is 29.4 Å². The molecule has 0 unspecified atom stereocenters. The van der Waals surface area contributed by atoms with Crippen molar-refractivity contribution in [3.8, 4) is 17.4 Å². The summed E-state index contributed by atoms with van der Waals surface area (Å²) in [7, 11) is 0. The molecule has 1 aliphatic heterocycles. The number of amides is 1. The van der Waals surface area contributed by atoms with Gasteiger partial charge in [-0.25, -0.2) is 4.98 Å². The van der Waals surface area contributed by atoms with Crippen LogP contribution < -0.4 is 14.8 Å². The Kier molecular flexibility index (Phi) is 7.83. The maximum Gasteiger partial charge on any atom is 0.246 e. The van der Waals surface area contributed by atoms with Crippen molar-refractivity contribution in [3.05, 3.63) is 88.1 Å². The summed E-state index contributed by atoms with van der Waals surface area (Å²) in [6, 6.07) is 15.5. The van der Waals surface area contributed by atoms with Gasteiger partial charge in [0.15, 0.2) is 5.75 Å². The molecule has 1 fully saturated rings. The number of aryl methyl sites for hydroxylation is 2. The lowest BCUT2D eigenvalue weighted by Crippen LogP contribution is -2.45. The smallest absolute Gasteiger partial charge is 0.246 e. The van der Waals surface area contributed by atoms with Crippen molar-refractivity contribution < 1.29 is 14.3 Å². The molecule has 1 N–H and O–H groups in total. The van der Waals surface area contributed by atoms with Crippen LogP contribution in [0.5, 0.6) is 17.4 Å². The molecule has 1 amide bonds. The van der Waals surface area contributed by atoms with E-state index in [4.69, 9.17) is 21.1 Å². The first-order valence-corrected chi connectivity index (χ1v) is 11.7. The third kappa shape index (κ3) is 6.37. The molecule has 2 heterocycles. The van der Waals surface area contributed by atoms with Gasteiger partial charge < -0.3 is 19.7 Å². The lowest BCUT2D eigenvalue weighted by Gasteiger charge is -2.26. The molecule has 176 valence electrons. The molecular weight excluding hydrogens is 450 g/mol. The lowest BCUT2D eigenvalue weighted by molar-refractivity contribution is -0.126. The largest absolute Gasteiger partial charge is 0.487 e. The number of aromatic nitrogens is 1. The summed E-state index contributed by atoms with van der Waals surface area (Å²) in [5.74, 6) is 1.62. The molecule has 1 saturated heterocycles. The van der Waals surface area contributed by atoms with Crippen molar-refractivity contribution >= 4 is 23.6 Å². The minimum atomic E-state index is 0.00416. The lowest BCUT2D eigenvalue weighted by atomic mass is 10.1. The van der Waals surface area contributed by atoms with Gasteiger partial charge in [0.2, 0.25) is 11.8 Å². The number of carbonyl (C=O) groups is 1. The first-order chi connectivity index (χ1) is 16.5. The number of hydrogen-bond acceptors (Lipinski definition) is 5. The highest BCUT2D eigenvalue weighted by atomic mass is 35.5. The minimum Gasteiger partial charge on any atom is -0.487 e. The van der Waals surface area contributed by atoms with Crippen LogP contribution in [0.25, 0.3) is 6.08 Å². The Bertz CT molecular complexity index is 1130. The van der Waals surface area contributed by atoms with Gasteiger partial charge in [-0.1, -0.05) is 41.4 Å². The molecular formula is C27H28ClN3O3. The molecule has 1 aromatic heterocycles. The molecule has 0 bridgehead atoms. The Balaban J connectivity index is 1.37. The summed E-state index contributed by atoms with van der Waals surface area (Å²) < 4.78 is 11.7. The van der Waals surface area contributed by atoms with Crippen LogP contribution >= 0.6 is 11.6 Å². The Morgan fingerprint density at radius 1 is 1.12 bits per heavy atom. The second-order valence-electron chi connectivity index (χ2n) is 8.27. The maximum absolute atomic E-state index is 12.4. The number of nitrogens with one attached hydrogen (secondary N) is 1. The molecule has 6 nitrogen and oxygen atoms in total. The first-order valence-electron chi connectivity index (χ1n) is 11.3. The van der Waals surface area contributed by atoms with Crippen molar-refractivity contribution in [1.82, 2.24) is 15.2 Å². The van der Waals surface area contributed by atoms with Gasteiger partial charge in [-0.15, -0.1) is 0 Å². The van der Waals surface area contributed by atoms with Gasteiger partial charge in [-0.2, -0.15) is 0 Å². The van der Waals surface area contributed by atoms with Crippen LogP contribution in [-0.2, 0) is 11.4 Å². The number of benzene rings is 2. The topological polar surface area (TPSA) is 63.7 Å². The zero-order valence-electron chi connectivity index (χ0n) is 19.4. The van der Waals surface area contributed by atoms with Crippen LogP contribution in [0.3, 0.4) is 0 Å². The highest BCUT2D eigenvalue weighted by molar-refractivity contribution is 6.32. The fourth-order valence-electron chi connectivity index (χ4n) is 3.61. The third-order valence-corrected chi connectivity index (χ3v) is 5.82. The van der Waals surface area contributed by atoms with Crippen molar-refractivity contribution in [2.24, 2.45) is 0 Å². The van der Waals surface area contributed by atoms with E-state index < -0.39 is 0 Å². The highest BCUT2D eigenvalue weighted by Gasteiger charge is 2.14. The minimum absolute atomic E-state index is 0.00416. The second kappa shape index (κ2) is 11.2. The van der Waals surface area contributed by atoms with Crippen molar-refractivity contribution in [1.29, 1.82) is 0 Å². The number of carbonyl (C=O) groups excluding carboxylic acids is 1. The summed E-state index contributed by atoms with van der Waals surface area (Å²) >= 11 is 6.49. The maximum atomic E-state index is 12.4. The van der Waals surface area contributed by atoms with E-state index in [1.807, 2.05) is 36.1 Å². The van der Waals surface area contributed by atoms with E-state index in [9.17, 15) is 4.79 Å². The quantitative estimate of drug-likeness (QED) is 0.476. The van der Waals surface area contributed by atoms with Crippen molar-refractivity contribution in [3.63, 3.8) is 0 Å². The number of ether oxygens (including phenoxy) is 2. The molecule has 4 rings (SSSR count). The number of hydrogen-bond donors (Lipinski definition) is 1. The summed E-state index contributed by atoms with van der Waals surface area (Å²) in [6.07, 6.45) is 5.00. The van der Waals surface area contributed by atoms with Crippen LogP contribution in [0.2, 0.25) is 5.02 Å². The van der Waals surface area contributed by atoms with Gasteiger partial charge in [0.1, 0.15) is 12.4 Å². The molecule has 2 aromatic carbocycles. The summed E-state index contributed by atoms with van der Waals surface area (Å²) in [4.78, 5) is 18.5. The van der Waals surface area contributed by atoms with Gasteiger partial charge in [0, 0.05) is 38.3 Å². The average molecular weight is 478 g/mol. The number of pyridine rings is 1. The third-order valence-electron chi connectivity index (χ3n) is 5.54. The Morgan fingerprint density at radius 3 is 2.56 bits per heavy atom. The summed E-state index contributed by atoms with van der Waals surface area (Å²) in [6.45, 7) is 7.53. The SMILES string of the molecule is Cc1ccc(COc2ccc(Oc3c(C)cc(/C=C/C(=O)N4CCNCC4)cc3Cl)nc2)cc1. The fourth-order valence-corrected chi connectivity index (χ4v) is 3.92. The number of rotatable bonds is 7. The van der Waals surface area contributed by atoms with Crippen LogP contribution in [0.1, 0.15) is 22.3 Å². The van der Waals surface area contributed by atoms with E-state index in [-0.39, 0.29) is 5.91 Å². The standard InChI is InChI=1S/C27H28ClN3O3/c1-19-3-5-21(6-4-19)18-33-23-8-9-25(30-17-23)34-27-20(2)15-22(16-24(27)28)7-10-26(32)31-13-11-29-12-14-31/h3-10,15-17,29H,11-14,18H2,1-2H3/b10-7+. The van der Waals surface area contributed by atoms with E-state index in [0.717, 1.165) is 42.9 Å². The van der Waals surface area contributed by atoms with Gasteiger partial charge in [0.05, 0.1) is 11.2 Å². The number of nitrogens with zero attached hydrogens (tertiary/aromatic N) is 2. The van der Waals surface area contributed by atoms with E-state index in [0.29, 0.717) is 29.0 Å². The predicted octanol–water partition coefficient (Wildman–Crippen LogP) is 5.17. The monoisotopic (exact) mass is 477 g/mol. The molecule has 0 radical (unpaired) electrons. The molecule has 7 heteroatoms. The molecule has 0 atom stereocenters. The van der Waals surface area contributed by atoms with Gasteiger partial charge >= 0.3 is 0 Å². The molecule has 0 spiro atoms. The molecule has 1 aliphatic rings. The Hall–Kier alpha value is -3.35. The zero-order chi connectivity index (χ0) is 23.9. The van der Waals surface area contributed by atoms with Crippen LogP contribution in [0.4, 0.5) is 0 Å². The van der Waals surface area contributed by atoms with Crippen LogP contribution in [-0.4, -0.2) is 42.0 Å². The molecule has 0 saturated carbocycles. The van der Waals surface area contributed by atoms with Crippen molar-refractivity contribution in [2.75, 3.05) is 26.2 Å². The van der Waals surface area contributed by atoms with Gasteiger partial charge in [-0.05, 0) is 54.8 Å². The molecule has 3 aromatic rings. The summed E-state index contributed by atoms with van der Waals surface area (Å²) in [5, 5.41) is 3.70. The van der Waals surface area contributed by atoms with Gasteiger partial charge in [0.25, 0.3) is 0 Å². The van der Waals surface area contributed by atoms with Crippen molar-refractivity contribution in [2.45, 2.75) is 20.5 Å². The zero-order valence-corrected chi connectivity index (χ0v) is 20.1. The van der Waals surface area contributed by atoms with Crippen LogP contribution in [0.15, 0.2) is 60.8 Å². The van der Waals surface area contributed by atoms with E-state index in [1.165, 1.54) is 5.56 Å². The van der Waals surface area contributed by atoms with Gasteiger partial charge in [-0.3, -0.25) is 4.79 Å². The fraction of sp³-hybridized carbons (Fsp3) is 0.259. The average Bonchev–Trinajstić information content (AvgIpc) is 2.85. The molecule has 0 aliphatic carbocycles. The Morgan fingerprint density at radius 2 is 1.88 bits per heavy atom. The van der Waals surface area contributed by atoms with E-state index in [1.54, 1.807) is 30.5 Å². The van der Waals surface area contributed by atoms with E-state index >= 15 is 0 Å². The number of piperazine rings is 1.